The highest BCUT2D eigenvalue weighted by Gasteiger charge is 2.17. The van der Waals surface area contributed by atoms with Gasteiger partial charge in [-0.25, -0.2) is 9.80 Å². The summed E-state index contributed by atoms with van der Waals surface area (Å²) in [6, 6.07) is 6.36. The van der Waals surface area contributed by atoms with Crippen LogP contribution in [0, 0.1) is 0 Å². The Bertz CT molecular complexity index is 406. The molecule has 1 aromatic carbocycles. The van der Waals surface area contributed by atoms with E-state index in [1.54, 1.807) is 17.1 Å². The molecule has 1 saturated heterocycles. The van der Waals surface area contributed by atoms with Crippen LogP contribution in [0.3, 0.4) is 0 Å². The molecule has 0 saturated carbocycles. The first-order valence-corrected chi connectivity index (χ1v) is 4.53. The second-order valence-corrected chi connectivity index (χ2v) is 3.24. The number of carbonyl (C=O) groups is 1. The molecule has 0 bridgehead atoms. The summed E-state index contributed by atoms with van der Waals surface area (Å²) >= 11 is 4.98. The van der Waals surface area contributed by atoms with E-state index in [1.807, 2.05) is 0 Å². The smallest absolute Gasteiger partial charge is 0.335 e. The predicted octanol–water partition coefficient (Wildman–Crippen LogP) is 0.00350. The van der Waals surface area contributed by atoms with Crippen molar-refractivity contribution in [3.63, 3.8) is 0 Å². The quantitative estimate of drug-likeness (QED) is 0.527. The Morgan fingerprint density at radius 2 is 2.00 bits per heavy atom. The van der Waals surface area contributed by atoms with Gasteiger partial charge in [0.15, 0.2) is 0 Å². The molecule has 2 rings (SSSR count). The third-order valence-electron chi connectivity index (χ3n) is 1.91. The van der Waals surface area contributed by atoms with Crippen molar-refractivity contribution in [3.05, 3.63) is 29.8 Å². The van der Waals surface area contributed by atoms with Crippen LogP contribution in [0.5, 0.6) is 0 Å². The Morgan fingerprint density at radius 1 is 1.33 bits per heavy atom. The van der Waals surface area contributed by atoms with E-state index in [1.165, 1.54) is 12.1 Å². The number of carboxylic acid groups (broad SMARTS) is 1. The van der Waals surface area contributed by atoms with Crippen LogP contribution in [0.2, 0.25) is 0 Å². The van der Waals surface area contributed by atoms with E-state index in [0.717, 1.165) is 5.69 Å². The Labute approximate surface area is 90.8 Å². The molecule has 1 fully saturated rings. The number of nitrogens with zero attached hydrogens (tertiary/aromatic N) is 1. The highest BCUT2D eigenvalue weighted by molar-refractivity contribution is 7.80. The van der Waals surface area contributed by atoms with E-state index in [-0.39, 0.29) is 5.56 Å². The summed E-state index contributed by atoms with van der Waals surface area (Å²) in [5.74, 6) is -0.949. The maximum atomic E-state index is 10.6. The van der Waals surface area contributed by atoms with E-state index in [4.69, 9.17) is 17.3 Å². The molecule has 6 nitrogen and oxygen atoms in total. The van der Waals surface area contributed by atoms with Gasteiger partial charge in [-0.1, -0.05) is 0 Å². The number of hydrogen-bond acceptors (Lipinski definition) is 4. The second-order valence-electron chi connectivity index (χ2n) is 2.85. The molecule has 7 heteroatoms. The number of benzene rings is 1. The highest BCUT2D eigenvalue weighted by Crippen LogP contribution is 2.14. The van der Waals surface area contributed by atoms with Crippen molar-refractivity contribution >= 4 is 29.0 Å². The van der Waals surface area contributed by atoms with E-state index in [0.29, 0.717) is 5.11 Å². The van der Waals surface area contributed by atoms with Crippen LogP contribution in [0.4, 0.5) is 5.69 Å². The monoisotopic (exact) mass is 224 g/mol. The fourth-order valence-corrected chi connectivity index (χ4v) is 1.38. The Hall–Kier alpha value is -1.70. The van der Waals surface area contributed by atoms with E-state index in [9.17, 15) is 4.79 Å². The molecule has 0 spiro atoms. The summed E-state index contributed by atoms with van der Waals surface area (Å²) in [7, 11) is 0. The lowest BCUT2D eigenvalue weighted by atomic mass is 10.2. The van der Waals surface area contributed by atoms with Crippen LogP contribution in [0.15, 0.2) is 24.3 Å². The number of hydrazine groups is 3. The molecule has 1 aromatic rings. The van der Waals surface area contributed by atoms with Gasteiger partial charge in [0, 0.05) is 0 Å². The maximum Gasteiger partial charge on any atom is 0.335 e. The molecule has 0 aliphatic carbocycles. The second kappa shape index (κ2) is 3.81. The molecule has 0 aromatic heterocycles. The number of carboxylic acids is 1. The van der Waals surface area contributed by atoms with Crippen LogP contribution in [0.1, 0.15) is 10.4 Å². The molecule has 15 heavy (non-hydrogen) atoms. The van der Waals surface area contributed by atoms with Gasteiger partial charge in [-0.15, -0.1) is 5.53 Å². The minimum absolute atomic E-state index is 0.241. The van der Waals surface area contributed by atoms with Gasteiger partial charge in [0.1, 0.15) is 0 Å². The lowest BCUT2D eigenvalue weighted by Crippen LogP contribution is -2.37. The zero-order valence-corrected chi connectivity index (χ0v) is 8.34. The zero-order valence-electron chi connectivity index (χ0n) is 7.52. The van der Waals surface area contributed by atoms with Gasteiger partial charge in [0.05, 0.1) is 11.3 Å². The summed E-state index contributed by atoms with van der Waals surface area (Å²) in [6.45, 7) is 0. The number of nitrogens with one attached hydrogen (secondary N) is 3. The van der Waals surface area contributed by atoms with Crippen molar-refractivity contribution in [1.82, 2.24) is 16.5 Å². The van der Waals surface area contributed by atoms with Crippen molar-refractivity contribution in [3.8, 4) is 0 Å². The summed E-state index contributed by atoms with van der Waals surface area (Å²) in [4.78, 5) is 10.6. The molecule has 1 aliphatic heterocycles. The first-order valence-electron chi connectivity index (χ1n) is 4.12. The Kier molecular flexibility index (Phi) is 2.50. The molecule has 1 heterocycles. The van der Waals surface area contributed by atoms with Crippen molar-refractivity contribution in [2.24, 2.45) is 0 Å². The van der Waals surface area contributed by atoms with Crippen LogP contribution < -0.4 is 21.5 Å². The van der Waals surface area contributed by atoms with Crippen LogP contribution >= 0.6 is 12.2 Å². The molecule has 0 amide bonds. The Morgan fingerprint density at radius 3 is 2.47 bits per heavy atom. The zero-order chi connectivity index (χ0) is 10.8. The van der Waals surface area contributed by atoms with Crippen molar-refractivity contribution in [2.45, 2.75) is 0 Å². The lowest BCUT2D eigenvalue weighted by Gasteiger charge is -2.14. The molecule has 0 radical (unpaired) electrons. The fraction of sp³-hybridized carbons (Fsp3) is 0. The largest absolute Gasteiger partial charge is 0.478 e. The SMILES string of the molecule is O=C(O)c1ccc(N2NNNC2=S)cc1. The van der Waals surface area contributed by atoms with Gasteiger partial charge < -0.3 is 5.11 Å². The third-order valence-corrected chi connectivity index (χ3v) is 2.20. The molecule has 0 atom stereocenters. The molecule has 78 valence electrons. The van der Waals surface area contributed by atoms with Crippen LogP contribution in [-0.4, -0.2) is 16.2 Å². The first-order chi connectivity index (χ1) is 7.18. The summed E-state index contributed by atoms with van der Waals surface area (Å²) in [6.07, 6.45) is 0. The topological polar surface area (TPSA) is 76.6 Å². The average Bonchev–Trinajstić information content (AvgIpc) is 2.65. The molecule has 4 N–H and O–H groups in total. The van der Waals surface area contributed by atoms with Gasteiger partial charge in [-0.2, -0.15) is 5.53 Å². The molecule has 0 unspecified atom stereocenters. The standard InChI is InChI=1S/C8H8N4O2S/c13-7(14)5-1-3-6(4-2-5)12-8(15)9-10-11-12/h1-4,10-11H,(H,9,15)(H,13,14). The van der Waals surface area contributed by atoms with Crippen LogP contribution in [-0.2, 0) is 0 Å². The van der Waals surface area contributed by atoms with Gasteiger partial charge in [-0.3, -0.25) is 5.43 Å². The normalized spacial score (nSPS) is 15.2. The van der Waals surface area contributed by atoms with Gasteiger partial charge in [0.25, 0.3) is 0 Å². The molecular weight excluding hydrogens is 216 g/mol. The minimum atomic E-state index is -0.949. The number of anilines is 1. The van der Waals surface area contributed by atoms with Crippen molar-refractivity contribution in [2.75, 3.05) is 5.01 Å². The van der Waals surface area contributed by atoms with Crippen LogP contribution in [0.25, 0.3) is 0 Å². The average molecular weight is 224 g/mol. The third kappa shape index (κ3) is 1.89. The van der Waals surface area contributed by atoms with E-state index < -0.39 is 5.97 Å². The molecular formula is C8H8N4O2S. The highest BCUT2D eigenvalue weighted by atomic mass is 32.1. The number of aromatic carboxylic acids is 1. The van der Waals surface area contributed by atoms with E-state index >= 15 is 0 Å². The first kappa shape index (κ1) is 9.84. The maximum absolute atomic E-state index is 10.6. The number of rotatable bonds is 2. The van der Waals surface area contributed by atoms with Crippen molar-refractivity contribution < 1.29 is 9.90 Å². The number of thiocarbonyl (C=S) groups is 1. The minimum Gasteiger partial charge on any atom is -0.478 e. The molecule has 1 aliphatic rings. The summed E-state index contributed by atoms with van der Waals surface area (Å²) in [5.41, 5.74) is 9.06. The predicted molar refractivity (Wildman–Crippen MR) is 57.9 cm³/mol. The van der Waals surface area contributed by atoms with Gasteiger partial charge >= 0.3 is 5.97 Å². The van der Waals surface area contributed by atoms with Crippen molar-refractivity contribution in [1.29, 1.82) is 0 Å². The van der Waals surface area contributed by atoms with Gasteiger partial charge in [0.2, 0.25) is 5.11 Å². The lowest BCUT2D eigenvalue weighted by molar-refractivity contribution is 0.0697. The van der Waals surface area contributed by atoms with Gasteiger partial charge in [-0.05, 0) is 36.5 Å². The Balaban J connectivity index is 2.23. The summed E-state index contributed by atoms with van der Waals surface area (Å²) < 4.78 is 0. The number of hydrogen-bond donors (Lipinski definition) is 4. The summed E-state index contributed by atoms with van der Waals surface area (Å²) in [5, 5.41) is 10.8. The fourth-order valence-electron chi connectivity index (χ4n) is 1.18. The van der Waals surface area contributed by atoms with E-state index in [2.05, 4.69) is 16.5 Å².